The van der Waals surface area contributed by atoms with E-state index >= 15 is 0 Å². The predicted octanol–water partition coefficient (Wildman–Crippen LogP) is 4.01. The predicted molar refractivity (Wildman–Crippen MR) is 101 cm³/mol. The average Bonchev–Trinajstić information content (AvgIpc) is 2.61. The van der Waals surface area contributed by atoms with E-state index in [1.165, 1.54) is 0 Å². The molecule has 0 saturated heterocycles. The van der Waals surface area contributed by atoms with Crippen LogP contribution in [-0.2, 0) is 0 Å². The molecule has 0 aliphatic heterocycles. The maximum Gasteiger partial charge on any atom is 0.202 e. The van der Waals surface area contributed by atoms with Crippen molar-refractivity contribution in [1.82, 2.24) is 4.90 Å². The van der Waals surface area contributed by atoms with E-state index in [2.05, 4.69) is 24.1 Å². The van der Waals surface area contributed by atoms with Crippen LogP contribution in [0.15, 0.2) is 45.6 Å². The van der Waals surface area contributed by atoms with Crippen molar-refractivity contribution in [3.63, 3.8) is 0 Å². The lowest BCUT2D eigenvalue weighted by molar-refractivity contribution is 0.316. The summed E-state index contributed by atoms with van der Waals surface area (Å²) in [6.45, 7) is 10.1. The molecular formula is C20H24N2O2. The van der Waals surface area contributed by atoms with Crippen LogP contribution < -0.4 is 10.7 Å². The first-order chi connectivity index (χ1) is 11.7. The molecule has 0 radical (unpaired) electrons. The van der Waals surface area contributed by atoms with Crippen LogP contribution in [0.4, 0.5) is 5.69 Å². The number of nitrogens with zero attached hydrogens (tertiary/aromatic N) is 1. The van der Waals surface area contributed by atoms with Gasteiger partial charge in [0.15, 0.2) is 0 Å². The molecule has 0 aliphatic carbocycles. The molecule has 1 N–H and O–H groups in total. The van der Waals surface area contributed by atoms with Gasteiger partial charge < -0.3 is 14.6 Å². The molecule has 0 spiro atoms. The van der Waals surface area contributed by atoms with Crippen LogP contribution >= 0.6 is 0 Å². The van der Waals surface area contributed by atoms with Gasteiger partial charge in [0.05, 0.1) is 10.8 Å². The topological polar surface area (TPSA) is 45.5 Å². The number of rotatable bonds is 6. The summed E-state index contributed by atoms with van der Waals surface area (Å²) in [5, 5.41) is 4.69. The molecule has 1 heterocycles. The number of aryl methyl sites for hydroxylation is 1. The third-order valence-electron chi connectivity index (χ3n) is 4.56. The molecule has 4 nitrogen and oxygen atoms in total. The fourth-order valence-corrected chi connectivity index (χ4v) is 3.07. The number of para-hydroxylation sites is 1. The fraction of sp³-hybridized carbons (Fsp3) is 0.350. The van der Waals surface area contributed by atoms with E-state index < -0.39 is 0 Å². The SMILES string of the molecule is CCN(CC)CCNc1ccc(C)c2oc3ccccc3c(=O)c12. The Bertz CT molecular complexity index is 911. The Labute approximate surface area is 142 Å². The number of hydrogen-bond donors (Lipinski definition) is 1. The number of anilines is 1. The fourth-order valence-electron chi connectivity index (χ4n) is 3.07. The van der Waals surface area contributed by atoms with Crippen molar-refractivity contribution in [3.8, 4) is 0 Å². The number of likely N-dealkylation sites (N-methyl/N-ethyl adjacent to an activating group) is 1. The minimum absolute atomic E-state index is 0.0286. The van der Waals surface area contributed by atoms with Crippen molar-refractivity contribution in [3.05, 3.63) is 52.2 Å². The van der Waals surface area contributed by atoms with E-state index in [0.717, 1.165) is 37.4 Å². The molecule has 3 aromatic rings. The minimum Gasteiger partial charge on any atom is -0.455 e. The van der Waals surface area contributed by atoms with Crippen LogP contribution in [0, 0.1) is 6.92 Å². The number of benzene rings is 2. The monoisotopic (exact) mass is 324 g/mol. The van der Waals surface area contributed by atoms with Gasteiger partial charge in [0.1, 0.15) is 11.2 Å². The van der Waals surface area contributed by atoms with Gasteiger partial charge in [-0.1, -0.05) is 32.0 Å². The maximum atomic E-state index is 13.0. The second kappa shape index (κ2) is 7.05. The van der Waals surface area contributed by atoms with Gasteiger partial charge in [0.2, 0.25) is 5.43 Å². The lowest BCUT2D eigenvalue weighted by atomic mass is 10.1. The standard InChI is InChI=1S/C20H24N2O2/c1-4-22(5-2)13-12-21-16-11-10-14(3)20-18(16)19(23)15-8-6-7-9-17(15)24-20/h6-11,21H,4-5,12-13H2,1-3H3. The molecule has 126 valence electrons. The molecule has 0 aliphatic rings. The average molecular weight is 324 g/mol. The van der Waals surface area contributed by atoms with Crippen molar-refractivity contribution in [2.45, 2.75) is 20.8 Å². The highest BCUT2D eigenvalue weighted by atomic mass is 16.3. The summed E-state index contributed by atoms with van der Waals surface area (Å²) < 4.78 is 6.02. The molecule has 0 bridgehead atoms. The number of nitrogens with one attached hydrogen (secondary N) is 1. The van der Waals surface area contributed by atoms with Gasteiger partial charge in [-0.2, -0.15) is 0 Å². The van der Waals surface area contributed by atoms with Crippen LogP contribution in [0.2, 0.25) is 0 Å². The normalized spacial score (nSPS) is 11.5. The zero-order chi connectivity index (χ0) is 17.1. The lowest BCUT2D eigenvalue weighted by Crippen LogP contribution is -2.28. The zero-order valence-electron chi connectivity index (χ0n) is 14.6. The van der Waals surface area contributed by atoms with Crippen LogP contribution in [0.1, 0.15) is 19.4 Å². The minimum atomic E-state index is 0.0286. The summed E-state index contributed by atoms with van der Waals surface area (Å²) in [4.78, 5) is 15.3. The number of fused-ring (bicyclic) bond motifs is 2. The van der Waals surface area contributed by atoms with E-state index in [0.29, 0.717) is 21.9 Å². The van der Waals surface area contributed by atoms with Gasteiger partial charge in [0, 0.05) is 18.8 Å². The van der Waals surface area contributed by atoms with Crippen LogP contribution in [0.5, 0.6) is 0 Å². The number of hydrogen-bond acceptors (Lipinski definition) is 4. The van der Waals surface area contributed by atoms with E-state index in [-0.39, 0.29) is 5.43 Å². The van der Waals surface area contributed by atoms with Crippen LogP contribution in [0.25, 0.3) is 21.9 Å². The van der Waals surface area contributed by atoms with Gasteiger partial charge in [0.25, 0.3) is 0 Å². The van der Waals surface area contributed by atoms with Crippen LogP contribution in [0.3, 0.4) is 0 Å². The second-order valence-corrected chi connectivity index (χ2v) is 6.02. The van der Waals surface area contributed by atoms with Crippen molar-refractivity contribution >= 4 is 27.6 Å². The van der Waals surface area contributed by atoms with Crippen molar-refractivity contribution in [2.24, 2.45) is 0 Å². The molecule has 0 amide bonds. The van der Waals surface area contributed by atoms with Gasteiger partial charge in [-0.15, -0.1) is 0 Å². The van der Waals surface area contributed by atoms with Gasteiger partial charge >= 0.3 is 0 Å². The van der Waals surface area contributed by atoms with Gasteiger partial charge in [-0.25, -0.2) is 0 Å². The highest BCUT2D eigenvalue weighted by Gasteiger charge is 2.13. The molecular weight excluding hydrogens is 300 g/mol. The van der Waals surface area contributed by atoms with Gasteiger partial charge in [-0.3, -0.25) is 4.79 Å². The smallest absolute Gasteiger partial charge is 0.202 e. The molecule has 0 atom stereocenters. The third-order valence-corrected chi connectivity index (χ3v) is 4.56. The Kier molecular flexibility index (Phi) is 4.86. The molecule has 0 fully saturated rings. The highest BCUT2D eigenvalue weighted by molar-refractivity contribution is 5.98. The maximum absolute atomic E-state index is 13.0. The van der Waals surface area contributed by atoms with Crippen molar-refractivity contribution in [2.75, 3.05) is 31.5 Å². The Balaban J connectivity index is 2.04. The summed E-state index contributed by atoms with van der Waals surface area (Å²) in [6, 6.07) is 11.4. The summed E-state index contributed by atoms with van der Waals surface area (Å²) in [7, 11) is 0. The first-order valence-electron chi connectivity index (χ1n) is 8.57. The van der Waals surface area contributed by atoms with E-state index in [9.17, 15) is 4.79 Å². The molecule has 1 aromatic heterocycles. The first-order valence-corrected chi connectivity index (χ1v) is 8.57. The third kappa shape index (κ3) is 3.02. The Morgan fingerprint density at radius 2 is 1.83 bits per heavy atom. The largest absolute Gasteiger partial charge is 0.455 e. The Morgan fingerprint density at radius 1 is 1.08 bits per heavy atom. The zero-order valence-corrected chi connectivity index (χ0v) is 14.6. The Morgan fingerprint density at radius 3 is 2.58 bits per heavy atom. The lowest BCUT2D eigenvalue weighted by Gasteiger charge is -2.19. The summed E-state index contributed by atoms with van der Waals surface area (Å²) in [6.07, 6.45) is 0. The molecule has 0 unspecified atom stereocenters. The second-order valence-electron chi connectivity index (χ2n) is 6.02. The van der Waals surface area contributed by atoms with E-state index in [1.54, 1.807) is 0 Å². The molecule has 3 rings (SSSR count). The van der Waals surface area contributed by atoms with Crippen molar-refractivity contribution in [1.29, 1.82) is 0 Å². The van der Waals surface area contributed by atoms with Gasteiger partial charge in [-0.05, 0) is 43.8 Å². The first kappa shape index (κ1) is 16.5. The molecule has 24 heavy (non-hydrogen) atoms. The Hall–Kier alpha value is -2.33. The van der Waals surface area contributed by atoms with E-state index in [4.69, 9.17) is 4.42 Å². The van der Waals surface area contributed by atoms with E-state index in [1.807, 2.05) is 43.3 Å². The molecule has 0 saturated carbocycles. The summed E-state index contributed by atoms with van der Waals surface area (Å²) >= 11 is 0. The quantitative estimate of drug-likeness (QED) is 0.696. The molecule has 2 aromatic carbocycles. The highest BCUT2D eigenvalue weighted by Crippen LogP contribution is 2.27. The summed E-state index contributed by atoms with van der Waals surface area (Å²) in [5.74, 6) is 0. The van der Waals surface area contributed by atoms with Crippen molar-refractivity contribution < 1.29 is 4.42 Å². The molecule has 4 heteroatoms. The van der Waals surface area contributed by atoms with Crippen LogP contribution in [-0.4, -0.2) is 31.1 Å². The summed E-state index contributed by atoms with van der Waals surface area (Å²) in [5.41, 5.74) is 3.16.